The second kappa shape index (κ2) is 4.69. The second-order valence-corrected chi connectivity index (χ2v) is 5.61. The lowest BCUT2D eigenvalue weighted by molar-refractivity contribution is 0.307. The highest BCUT2D eigenvalue weighted by atomic mass is 14.7. The molecule has 1 saturated carbocycles. The first kappa shape index (κ1) is 11.7. The maximum absolute atomic E-state index is 6.34. The molecule has 2 heteroatoms. The molecule has 1 aliphatic rings. The van der Waals surface area contributed by atoms with Crippen molar-refractivity contribution in [2.45, 2.75) is 38.1 Å². The minimum Gasteiger partial charge on any atom is -0.327 e. The van der Waals surface area contributed by atoms with Gasteiger partial charge in [-0.25, -0.2) is 0 Å². The molecule has 1 aliphatic carbocycles. The molecular weight excluding hydrogens is 220 g/mol. The van der Waals surface area contributed by atoms with Gasteiger partial charge in [0, 0.05) is 23.5 Å². The van der Waals surface area contributed by atoms with Crippen molar-refractivity contribution < 1.29 is 0 Å². The first-order valence-electron chi connectivity index (χ1n) is 6.85. The number of para-hydroxylation sites is 1. The second-order valence-electron chi connectivity index (χ2n) is 5.61. The van der Waals surface area contributed by atoms with E-state index in [1.807, 2.05) is 12.3 Å². The number of fused-ring (bicyclic) bond motifs is 1. The van der Waals surface area contributed by atoms with Crippen molar-refractivity contribution in [3.8, 4) is 0 Å². The van der Waals surface area contributed by atoms with Gasteiger partial charge in [-0.05, 0) is 36.8 Å². The average Bonchev–Trinajstić information content (AvgIpc) is 2.41. The lowest BCUT2D eigenvalue weighted by Gasteiger charge is -2.33. The maximum atomic E-state index is 6.34. The van der Waals surface area contributed by atoms with Crippen LogP contribution in [0, 0.1) is 5.92 Å². The molecule has 3 atom stereocenters. The third-order valence-corrected chi connectivity index (χ3v) is 4.23. The van der Waals surface area contributed by atoms with Crippen molar-refractivity contribution in [2.24, 2.45) is 11.7 Å². The van der Waals surface area contributed by atoms with Crippen LogP contribution < -0.4 is 5.73 Å². The summed E-state index contributed by atoms with van der Waals surface area (Å²) in [5, 5.41) is 1.22. The van der Waals surface area contributed by atoms with Crippen molar-refractivity contribution in [3.05, 3.63) is 42.1 Å². The van der Waals surface area contributed by atoms with E-state index in [2.05, 4.69) is 36.2 Å². The predicted molar refractivity (Wildman–Crippen MR) is 75.5 cm³/mol. The molecule has 0 bridgehead atoms. The summed E-state index contributed by atoms with van der Waals surface area (Å²) in [5.74, 6) is 1.24. The van der Waals surface area contributed by atoms with Crippen molar-refractivity contribution in [1.29, 1.82) is 0 Å². The quantitative estimate of drug-likeness (QED) is 0.829. The number of benzene rings is 1. The first-order valence-corrected chi connectivity index (χ1v) is 6.85. The molecule has 0 spiro atoms. The van der Waals surface area contributed by atoms with E-state index in [0.29, 0.717) is 5.92 Å². The summed E-state index contributed by atoms with van der Waals surface area (Å²) in [6.07, 6.45) is 5.46. The van der Waals surface area contributed by atoms with Crippen LogP contribution in [-0.2, 0) is 0 Å². The number of hydrogen-bond acceptors (Lipinski definition) is 2. The summed E-state index contributed by atoms with van der Waals surface area (Å²) in [7, 11) is 0. The zero-order valence-electron chi connectivity index (χ0n) is 10.8. The largest absolute Gasteiger partial charge is 0.327 e. The number of nitrogens with two attached hydrogens (primary N) is 1. The van der Waals surface area contributed by atoms with Gasteiger partial charge in [0.1, 0.15) is 0 Å². The monoisotopic (exact) mass is 240 g/mol. The average molecular weight is 240 g/mol. The van der Waals surface area contributed by atoms with Crippen molar-refractivity contribution in [2.75, 3.05) is 0 Å². The third kappa shape index (κ3) is 2.01. The van der Waals surface area contributed by atoms with Crippen molar-refractivity contribution in [1.82, 2.24) is 4.98 Å². The van der Waals surface area contributed by atoms with E-state index in [1.165, 1.54) is 23.8 Å². The lowest BCUT2D eigenvalue weighted by atomic mass is 9.75. The number of aromatic nitrogens is 1. The Bertz CT molecular complexity index is 544. The van der Waals surface area contributed by atoms with E-state index in [4.69, 9.17) is 5.73 Å². The van der Waals surface area contributed by atoms with Gasteiger partial charge < -0.3 is 5.73 Å². The van der Waals surface area contributed by atoms with E-state index >= 15 is 0 Å². The summed E-state index contributed by atoms with van der Waals surface area (Å²) in [6, 6.07) is 10.9. The van der Waals surface area contributed by atoms with Gasteiger partial charge >= 0.3 is 0 Å². The Balaban J connectivity index is 2.07. The Kier molecular flexibility index (Phi) is 3.04. The number of hydrogen-bond donors (Lipinski definition) is 1. The normalized spacial score (nSPS) is 28.4. The van der Waals surface area contributed by atoms with Crippen LogP contribution in [0.1, 0.15) is 37.7 Å². The van der Waals surface area contributed by atoms with Gasteiger partial charge in [0.05, 0.1) is 5.52 Å². The van der Waals surface area contributed by atoms with Crippen molar-refractivity contribution >= 4 is 10.9 Å². The molecule has 1 heterocycles. The van der Waals surface area contributed by atoms with Gasteiger partial charge in [-0.3, -0.25) is 4.98 Å². The molecule has 0 saturated heterocycles. The molecular formula is C16H20N2. The van der Waals surface area contributed by atoms with Gasteiger partial charge in [0.15, 0.2) is 0 Å². The van der Waals surface area contributed by atoms with Crippen molar-refractivity contribution in [3.63, 3.8) is 0 Å². The Morgan fingerprint density at radius 1 is 1.17 bits per heavy atom. The Labute approximate surface area is 108 Å². The number of pyridine rings is 1. The Morgan fingerprint density at radius 2 is 2.00 bits per heavy atom. The SMILES string of the molecule is CC1CCC(N)C(c2cccc3cccnc23)C1. The van der Waals surface area contributed by atoms with Crippen LogP contribution >= 0.6 is 0 Å². The molecule has 2 nitrogen and oxygen atoms in total. The molecule has 0 radical (unpaired) electrons. The molecule has 2 N–H and O–H groups in total. The highest BCUT2D eigenvalue weighted by Gasteiger charge is 2.28. The van der Waals surface area contributed by atoms with E-state index in [9.17, 15) is 0 Å². The van der Waals surface area contributed by atoms with Gasteiger partial charge in [-0.1, -0.05) is 31.2 Å². The topological polar surface area (TPSA) is 38.9 Å². The standard InChI is InChI=1S/C16H20N2/c1-11-7-8-15(17)14(10-11)13-6-2-4-12-5-3-9-18-16(12)13/h2-6,9,11,14-15H,7-8,10,17H2,1H3. The fourth-order valence-corrected chi connectivity index (χ4v) is 3.19. The predicted octanol–water partition coefficient (Wildman–Crippen LogP) is 3.47. The summed E-state index contributed by atoms with van der Waals surface area (Å²) in [4.78, 5) is 4.56. The third-order valence-electron chi connectivity index (χ3n) is 4.23. The summed E-state index contributed by atoms with van der Waals surface area (Å²) >= 11 is 0. The van der Waals surface area contributed by atoms with Gasteiger partial charge in [0.2, 0.25) is 0 Å². The molecule has 2 aromatic rings. The van der Waals surface area contributed by atoms with Crippen LogP contribution in [0.4, 0.5) is 0 Å². The van der Waals surface area contributed by atoms with Gasteiger partial charge in [-0.2, -0.15) is 0 Å². The van der Waals surface area contributed by atoms with Gasteiger partial charge in [-0.15, -0.1) is 0 Å². The highest BCUT2D eigenvalue weighted by molar-refractivity contribution is 5.82. The maximum Gasteiger partial charge on any atom is 0.0737 e. The summed E-state index contributed by atoms with van der Waals surface area (Å²) in [5.41, 5.74) is 8.81. The van der Waals surface area contributed by atoms with Crippen LogP contribution in [-0.4, -0.2) is 11.0 Å². The van der Waals surface area contributed by atoms with Crippen LogP contribution in [0.15, 0.2) is 36.5 Å². The number of rotatable bonds is 1. The summed E-state index contributed by atoms with van der Waals surface area (Å²) in [6.45, 7) is 2.33. The molecule has 94 valence electrons. The van der Waals surface area contributed by atoms with Crippen LogP contribution in [0.25, 0.3) is 10.9 Å². The molecule has 3 unspecified atom stereocenters. The fourth-order valence-electron chi connectivity index (χ4n) is 3.19. The molecule has 0 amide bonds. The summed E-state index contributed by atoms with van der Waals surface area (Å²) < 4.78 is 0. The lowest BCUT2D eigenvalue weighted by Crippen LogP contribution is -2.34. The molecule has 1 aromatic heterocycles. The Morgan fingerprint density at radius 3 is 2.89 bits per heavy atom. The molecule has 18 heavy (non-hydrogen) atoms. The smallest absolute Gasteiger partial charge is 0.0737 e. The van der Waals surface area contributed by atoms with E-state index in [0.717, 1.165) is 17.9 Å². The van der Waals surface area contributed by atoms with Crippen LogP contribution in [0.5, 0.6) is 0 Å². The highest BCUT2D eigenvalue weighted by Crippen LogP contribution is 2.37. The molecule has 1 aromatic carbocycles. The number of nitrogens with zero attached hydrogens (tertiary/aromatic N) is 1. The van der Waals surface area contributed by atoms with E-state index in [-0.39, 0.29) is 6.04 Å². The van der Waals surface area contributed by atoms with Gasteiger partial charge in [0.25, 0.3) is 0 Å². The molecule has 0 aliphatic heterocycles. The van der Waals surface area contributed by atoms with E-state index < -0.39 is 0 Å². The minimum absolute atomic E-state index is 0.286. The van der Waals surface area contributed by atoms with E-state index in [1.54, 1.807) is 0 Å². The molecule has 3 rings (SSSR count). The minimum atomic E-state index is 0.286. The molecule has 1 fully saturated rings. The fraction of sp³-hybridized carbons (Fsp3) is 0.438. The van der Waals surface area contributed by atoms with Crippen LogP contribution in [0.2, 0.25) is 0 Å². The zero-order chi connectivity index (χ0) is 12.5. The Hall–Kier alpha value is -1.41. The van der Waals surface area contributed by atoms with Crippen LogP contribution in [0.3, 0.4) is 0 Å². The first-order chi connectivity index (χ1) is 8.75. The zero-order valence-corrected chi connectivity index (χ0v) is 10.8.